The Balaban J connectivity index is 1.68. The number of thiazole rings is 1. The number of para-hydroxylation sites is 1. The van der Waals surface area contributed by atoms with Gasteiger partial charge in [-0.05, 0) is 43.3 Å². The molecule has 0 radical (unpaired) electrons. The van der Waals surface area contributed by atoms with Gasteiger partial charge in [0.15, 0.2) is 3.95 Å². The molecule has 1 fully saturated rings. The molecular weight excluding hydrogens is 449 g/mol. The lowest BCUT2D eigenvalue weighted by atomic mass is 10.1. The van der Waals surface area contributed by atoms with Crippen molar-refractivity contribution in [2.24, 2.45) is 0 Å². The second-order valence-electron chi connectivity index (χ2n) is 7.68. The fraction of sp³-hybridized carbons (Fsp3) is 0.261. The van der Waals surface area contributed by atoms with Gasteiger partial charge in [0, 0.05) is 18.7 Å². The molecule has 3 heterocycles. The molecular formula is C23H20FN3O3S2. The van der Waals surface area contributed by atoms with Gasteiger partial charge in [-0.1, -0.05) is 30.3 Å². The average Bonchev–Trinajstić information content (AvgIpc) is 3.43. The first-order valence-electron chi connectivity index (χ1n) is 10.3. The largest absolute Gasteiger partial charge is 0.376 e. The minimum Gasteiger partial charge on any atom is -0.376 e. The molecule has 9 heteroatoms. The van der Waals surface area contributed by atoms with E-state index in [-0.39, 0.29) is 24.1 Å². The van der Waals surface area contributed by atoms with Gasteiger partial charge in [-0.15, -0.1) is 11.3 Å². The summed E-state index contributed by atoms with van der Waals surface area (Å²) in [5.74, 6) is -0.724. The van der Waals surface area contributed by atoms with E-state index in [1.807, 2.05) is 6.07 Å². The SMILES string of the molecule is O=C(Cn1c(=O)c2ccccc2n2c(=S)sc(-c3ccccc3F)c12)NCC1CCCO1. The van der Waals surface area contributed by atoms with Crippen LogP contribution in [0.5, 0.6) is 0 Å². The lowest BCUT2D eigenvalue weighted by Gasteiger charge is -2.15. The van der Waals surface area contributed by atoms with Crippen molar-refractivity contribution in [3.63, 3.8) is 0 Å². The van der Waals surface area contributed by atoms with Crippen LogP contribution in [0, 0.1) is 9.77 Å². The van der Waals surface area contributed by atoms with E-state index in [0.29, 0.717) is 44.1 Å². The van der Waals surface area contributed by atoms with Crippen LogP contribution >= 0.6 is 23.6 Å². The van der Waals surface area contributed by atoms with Crippen LogP contribution in [0.15, 0.2) is 53.3 Å². The number of amides is 1. The van der Waals surface area contributed by atoms with Gasteiger partial charge in [-0.25, -0.2) is 4.39 Å². The Morgan fingerprint density at radius 3 is 2.78 bits per heavy atom. The van der Waals surface area contributed by atoms with Crippen molar-refractivity contribution in [2.45, 2.75) is 25.5 Å². The molecule has 2 aromatic carbocycles. The van der Waals surface area contributed by atoms with Gasteiger partial charge in [0.25, 0.3) is 5.56 Å². The number of nitrogens with one attached hydrogen (secondary N) is 1. The highest BCUT2D eigenvalue weighted by Crippen LogP contribution is 2.34. The predicted octanol–water partition coefficient (Wildman–Crippen LogP) is 4.15. The van der Waals surface area contributed by atoms with Gasteiger partial charge < -0.3 is 10.1 Å². The molecule has 6 nitrogen and oxygen atoms in total. The molecule has 1 aliphatic heterocycles. The van der Waals surface area contributed by atoms with Crippen molar-refractivity contribution in [3.05, 3.63) is 68.7 Å². The summed E-state index contributed by atoms with van der Waals surface area (Å²) in [5, 5.41) is 3.31. The minimum absolute atomic E-state index is 0.00367. The maximum atomic E-state index is 14.7. The van der Waals surface area contributed by atoms with Crippen molar-refractivity contribution >= 4 is 46.0 Å². The fourth-order valence-electron chi connectivity index (χ4n) is 4.11. The molecule has 0 bridgehead atoms. The minimum atomic E-state index is -0.416. The Labute approximate surface area is 191 Å². The summed E-state index contributed by atoms with van der Waals surface area (Å²) in [6.07, 6.45) is 1.87. The molecule has 2 aromatic heterocycles. The standard InChI is InChI=1S/C23H20FN3O3S2/c24-17-9-3-1-7-15(17)20-21-26(13-19(28)25-12-14-6-5-11-30-14)22(29)16-8-2-4-10-18(16)27(21)23(31)32-20/h1-4,7-10,14H,5-6,11-13H2,(H,25,28). The van der Waals surface area contributed by atoms with Gasteiger partial charge in [0.2, 0.25) is 5.91 Å². The van der Waals surface area contributed by atoms with Crippen LogP contribution in [0.25, 0.3) is 27.0 Å². The van der Waals surface area contributed by atoms with Crippen molar-refractivity contribution in [1.29, 1.82) is 0 Å². The molecule has 1 saturated heterocycles. The molecule has 1 aliphatic rings. The second-order valence-corrected chi connectivity index (χ2v) is 9.33. The van der Waals surface area contributed by atoms with E-state index in [1.165, 1.54) is 22.0 Å². The second kappa shape index (κ2) is 8.57. The van der Waals surface area contributed by atoms with Crippen LogP contribution in [0.3, 0.4) is 0 Å². The Kier molecular flexibility index (Phi) is 5.62. The highest BCUT2D eigenvalue weighted by Gasteiger charge is 2.22. The summed E-state index contributed by atoms with van der Waals surface area (Å²) in [7, 11) is 0. The van der Waals surface area contributed by atoms with Crippen molar-refractivity contribution in [1.82, 2.24) is 14.3 Å². The zero-order valence-electron chi connectivity index (χ0n) is 17.0. The molecule has 1 atom stereocenters. The van der Waals surface area contributed by atoms with Gasteiger partial charge in [-0.2, -0.15) is 0 Å². The van der Waals surface area contributed by atoms with Gasteiger partial charge in [0.1, 0.15) is 18.0 Å². The Morgan fingerprint density at radius 1 is 1.22 bits per heavy atom. The van der Waals surface area contributed by atoms with Crippen LogP contribution in [0.4, 0.5) is 4.39 Å². The Bertz CT molecular complexity index is 1450. The van der Waals surface area contributed by atoms with Gasteiger partial charge in [0.05, 0.1) is 21.9 Å². The monoisotopic (exact) mass is 469 g/mol. The van der Waals surface area contributed by atoms with Crippen LogP contribution in [0.2, 0.25) is 0 Å². The van der Waals surface area contributed by atoms with Crippen molar-refractivity contribution < 1.29 is 13.9 Å². The van der Waals surface area contributed by atoms with E-state index >= 15 is 0 Å². The summed E-state index contributed by atoms with van der Waals surface area (Å²) < 4.78 is 23.9. The van der Waals surface area contributed by atoms with E-state index in [4.69, 9.17) is 17.0 Å². The first-order chi connectivity index (χ1) is 15.5. The Morgan fingerprint density at radius 2 is 2.00 bits per heavy atom. The van der Waals surface area contributed by atoms with E-state index in [9.17, 15) is 14.0 Å². The molecule has 0 spiro atoms. The van der Waals surface area contributed by atoms with Crippen LogP contribution in [-0.4, -0.2) is 34.1 Å². The number of carbonyl (C=O) groups excluding carboxylic acids is 1. The summed E-state index contributed by atoms with van der Waals surface area (Å²) in [4.78, 5) is 26.7. The third-order valence-electron chi connectivity index (χ3n) is 5.63. The van der Waals surface area contributed by atoms with Crippen molar-refractivity contribution in [3.8, 4) is 10.4 Å². The first kappa shape index (κ1) is 21.0. The third kappa shape index (κ3) is 3.66. The van der Waals surface area contributed by atoms with E-state index in [0.717, 1.165) is 12.8 Å². The number of benzene rings is 2. The summed E-state index contributed by atoms with van der Waals surface area (Å²) in [5.41, 5.74) is 1.07. The molecule has 5 rings (SSSR count). The maximum Gasteiger partial charge on any atom is 0.262 e. The van der Waals surface area contributed by atoms with E-state index in [2.05, 4.69) is 5.32 Å². The molecule has 1 N–H and O–H groups in total. The number of halogens is 1. The number of ether oxygens (including phenoxy) is 1. The normalized spacial score (nSPS) is 16.1. The van der Waals surface area contributed by atoms with Gasteiger partial charge in [-0.3, -0.25) is 18.6 Å². The number of hydrogen-bond acceptors (Lipinski definition) is 5. The van der Waals surface area contributed by atoms with Crippen LogP contribution in [0.1, 0.15) is 12.8 Å². The summed E-state index contributed by atoms with van der Waals surface area (Å²) >= 11 is 6.83. The topological polar surface area (TPSA) is 64.7 Å². The number of nitrogens with zero attached hydrogens (tertiary/aromatic N) is 2. The third-order valence-corrected chi connectivity index (χ3v) is 7.03. The number of hydrogen-bond donors (Lipinski definition) is 1. The zero-order valence-corrected chi connectivity index (χ0v) is 18.7. The highest BCUT2D eigenvalue weighted by molar-refractivity contribution is 7.73. The smallest absolute Gasteiger partial charge is 0.262 e. The Hall–Kier alpha value is -2.88. The molecule has 1 unspecified atom stereocenters. The molecule has 32 heavy (non-hydrogen) atoms. The summed E-state index contributed by atoms with van der Waals surface area (Å²) in [6, 6.07) is 13.5. The molecule has 4 aromatic rings. The lowest BCUT2D eigenvalue weighted by Crippen LogP contribution is -2.37. The number of rotatable bonds is 5. The summed E-state index contributed by atoms with van der Waals surface area (Å²) in [6.45, 7) is 0.894. The number of carbonyl (C=O) groups is 1. The lowest BCUT2D eigenvalue weighted by molar-refractivity contribution is -0.122. The fourth-order valence-corrected chi connectivity index (χ4v) is 5.57. The first-order valence-corrected chi connectivity index (χ1v) is 11.6. The molecule has 0 aliphatic carbocycles. The quantitative estimate of drug-likeness (QED) is 0.446. The molecule has 0 saturated carbocycles. The number of fused-ring (bicyclic) bond motifs is 3. The zero-order chi connectivity index (χ0) is 22.2. The molecule has 164 valence electrons. The number of aromatic nitrogens is 2. The highest BCUT2D eigenvalue weighted by atomic mass is 32.1. The van der Waals surface area contributed by atoms with Crippen LogP contribution in [-0.2, 0) is 16.1 Å². The van der Waals surface area contributed by atoms with E-state index in [1.54, 1.807) is 40.8 Å². The maximum absolute atomic E-state index is 14.7. The predicted molar refractivity (Wildman–Crippen MR) is 125 cm³/mol. The average molecular weight is 470 g/mol. The molecule has 1 amide bonds. The van der Waals surface area contributed by atoms with Gasteiger partial charge >= 0.3 is 0 Å². The van der Waals surface area contributed by atoms with E-state index < -0.39 is 5.82 Å². The van der Waals surface area contributed by atoms with Crippen molar-refractivity contribution in [2.75, 3.05) is 13.2 Å². The van der Waals surface area contributed by atoms with Crippen LogP contribution < -0.4 is 10.9 Å².